The fraction of sp³-hybridized carbons (Fsp3) is 0.348. The van der Waals surface area contributed by atoms with E-state index in [0.29, 0.717) is 5.56 Å². The van der Waals surface area contributed by atoms with Crippen LogP contribution in [0.1, 0.15) is 38.8 Å². The molecule has 2 aromatic carbocycles. The van der Waals surface area contributed by atoms with Crippen LogP contribution in [0.25, 0.3) is 21.9 Å². The zero-order valence-electron chi connectivity index (χ0n) is 17.2. The Morgan fingerprint density at radius 3 is 2.40 bits per heavy atom. The molecule has 4 N–H and O–H groups in total. The number of benzene rings is 2. The second-order valence-electron chi connectivity index (χ2n) is 8.55. The van der Waals surface area contributed by atoms with Crippen LogP contribution in [-0.4, -0.2) is 32.1 Å². The first-order valence-corrected chi connectivity index (χ1v) is 9.70. The molecule has 1 aliphatic heterocycles. The van der Waals surface area contributed by atoms with Gasteiger partial charge in [-0.25, -0.2) is 0 Å². The van der Waals surface area contributed by atoms with Crippen LogP contribution in [0, 0.1) is 0 Å². The minimum absolute atomic E-state index is 0.0146. The molecule has 0 amide bonds. The summed E-state index contributed by atoms with van der Waals surface area (Å²) in [5.41, 5.74) is 0.101. The SMILES string of the molecule is CC(C)=CCc1c(O)cc2oc3cc(O)c4c(c3c(=O)c2c1O)CC(C(C)(C)O)O4. The lowest BCUT2D eigenvalue weighted by Crippen LogP contribution is -2.39. The van der Waals surface area contributed by atoms with Crippen molar-refractivity contribution < 1.29 is 29.6 Å². The molecule has 2 heterocycles. The number of rotatable bonds is 3. The van der Waals surface area contributed by atoms with Gasteiger partial charge >= 0.3 is 0 Å². The number of allylic oxidation sites excluding steroid dienone is 2. The molecule has 7 nitrogen and oxygen atoms in total. The van der Waals surface area contributed by atoms with Crippen molar-refractivity contribution in [2.24, 2.45) is 0 Å². The first kappa shape index (κ1) is 20.1. The highest BCUT2D eigenvalue weighted by molar-refractivity contribution is 5.98. The Morgan fingerprint density at radius 1 is 1.13 bits per heavy atom. The summed E-state index contributed by atoms with van der Waals surface area (Å²) in [6.07, 6.45) is 1.63. The van der Waals surface area contributed by atoms with Crippen LogP contribution in [0.2, 0.25) is 0 Å². The predicted molar refractivity (Wildman–Crippen MR) is 113 cm³/mol. The average molecular weight is 412 g/mol. The number of hydrogen-bond acceptors (Lipinski definition) is 7. The maximum atomic E-state index is 13.4. The highest BCUT2D eigenvalue weighted by Gasteiger charge is 2.38. The molecule has 0 aliphatic carbocycles. The van der Waals surface area contributed by atoms with E-state index < -0.39 is 17.1 Å². The zero-order valence-corrected chi connectivity index (χ0v) is 17.2. The van der Waals surface area contributed by atoms with Gasteiger partial charge in [-0.15, -0.1) is 0 Å². The van der Waals surface area contributed by atoms with E-state index in [1.165, 1.54) is 12.1 Å². The molecule has 1 atom stereocenters. The fourth-order valence-corrected chi connectivity index (χ4v) is 3.82. The van der Waals surface area contributed by atoms with Crippen LogP contribution in [0.3, 0.4) is 0 Å². The van der Waals surface area contributed by atoms with Crippen LogP contribution in [0.4, 0.5) is 0 Å². The van der Waals surface area contributed by atoms with Crippen molar-refractivity contribution in [2.75, 3.05) is 0 Å². The van der Waals surface area contributed by atoms with Crippen LogP contribution < -0.4 is 10.2 Å². The predicted octanol–water partition coefficient (Wildman–Crippen LogP) is 3.65. The van der Waals surface area contributed by atoms with Crippen molar-refractivity contribution in [3.63, 3.8) is 0 Å². The van der Waals surface area contributed by atoms with Gasteiger partial charge in [0, 0.05) is 29.7 Å². The molecular formula is C23H24O7. The van der Waals surface area contributed by atoms with E-state index in [9.17, 15) is 25.2 Å². The Morgan fingerprint density at radius 2 is 1.77 bits per heavy atom. The summed E-state index contributed by atoms with van der Waals surface area (Å²) < 4.78 is 11.5. The second-order valence-corrected chi connectivity index (χ2v) is 8.55. The summed E-state index contributed by atoms with van der Waals surface area (Å²) >= 11 is 0. The minimum Gasteiger partial charge on any atom is -0.507 e. The zero-order chi connectivity index (χ0) is 22.0. The summed E-state index contributed by atoms with van der Waals surface area (Å²) in [6.45, 7) is 6.97. The molecule has 1 unspecified atom stereocenters. The first-order valence-electron chi connectivity index (χ1n) is 9.70. The number of ether oxygens (including phenoxy) is 1. The van der Waals surface area contributed by atoms with Gasteiger partial charge in [0.25, 0.3) is 0 Å². The van der Waals surface area contributed by atoms with E-state index in [4.69, 9.17) is 9.15 Å². The number of phenols is 3. The Labute approximate surface area is 172 Å². The largest absolute Gasteiger partial charge is 0.507 e. The number of phenolic OH excluding ortho intramolecular Hbond substituents is 3. The molecule has 1 aliphatic rings. The molecule has 0 saturated heterocycles. The van der Waals surface area contributed by atoms with Gasteiger partial charge in [-0.1, -0.05) is 11.6 Å². The van der Waals surface area contributed by atoms with Gasteiger partial charge in [0.1, 0.15) is 34.2 Å². The average Bonchev–Trinajstić information content (AvgIpc) is 3.07. The smallest absolute Gasteiger partial charge is 0.204 e. The van der Waals surface area contributed by atoms with Gasteiger partial charge < -0.3 is 29.6 Å². The molecule has 4 rings (SSSR count). The van der Waals surface area contributed by atoms with Gasteiger partial charge in [0.05, 0.1) is 11.0 Å². The third-order valence-corrected chi connectivity index (χ3v) is 5.49. The van der Waals surface area contributed by atoms with Gasteiger partial charge in [-0.3, -0.25) is 4.79 Å². The second kappa shape index (κ2) is 6.67. The third kappa shape index (κ3) is 3.06. The lowest BCUT2D eigenvalue weighted by Gasteiger charge is -2.24. The van der Waals surface area contributed by atoms with Gasteiger partial charge in [-0.2, -0.15) is 0 Å². The molecule has 0 saturated carbocycles. The number of hydrogen-bond donors (Lipinski definition) is 4. The summed E-state index contributed by atoms with van der Waals surface area (Å²) in [6, 6.07) is 2.57. The fourth-order valence-electron chi connectivity index (χ4n) is 3.82. The first-order chi connectivity index (χ1) is 14.0. The summed E-state index contributed by atoms with van der Waals surface area (Å²) in [4.78, 5) is 13.4. The van der Waals surface area contributed by atoms with E-state index in [1.807, 2.05) is 19.9 Å². The Hall–Kier alpha value is -3.19. The molecular weight excluding hydrogens is 388 g/mol. The Balaban J connectivity index is 2.03. The lowest BCUT2D eigenvalue weighted by atomic mass is 9.94. The van der Waals surface area contributed by atoms with Crippen molar-refractivity contribution in [3.8, 4) is 23.0 Å². The van der Waals surface area contributed by atoms with Crippen molar-refractivity contribution >= 4 is 21.9 Å². The molecule has 0 radical (unpaired) electrons. The molecule has 30 heavy (non-hydrogen) atoms. The Bertz CT molecular complexity index is 1270. The van der Waals surface area contributed by atoms with Crippen molar-refractivity contribution in [3.05, 3.63) is 45.1 Å². The molecule has 3 aromatic rings. The minimum atomic E-state index is -1.19. The van der Waals surface area contributed by atoms with Gasteiger partial charge in [-0.05, 0) is 34.1 Å². The molecule has 0 fully saturated rings. The van der Waals surface area contributed by atoms with Crippen LogP contribution in [-0.2, 0) is 12.8 Å². The molecule has 0 bridgehead atoms. The van der Waals surface area contributed by atoms with Crippen molar-refractivity contribution in [1.29, 1.82) is 0 Å². The summed E-state index contributed by atoms with van der Waals surface area (Å²) in [5.74, 6) is -0.599. The van der Waals surface area contributed by atoms with Crippen LogP contribution >= 0.6 is 0 Å². The van der Waals surface area contributed by atoms with E-state index >= 15 is 0 Å². The third-order valence-electron chi connectivity index (χ3n) is 5.49. The highest BCUT2D eigenvalue weighted by atomic mass is 16.5. The van der Waals surface area contributed by atoms with Crippen LogP contribution in [0.5, 0.6) is 23.0 Å². The highest BCUT2D eigenvalue weighted by Crippen LogP contribution is 2.45. The molecule has 7 heteroatoms. The Kier molecular flexibility index (Phi) is 4.47. The standard InChI is InChI=1S/C23H24O7/c1-10(2)5-6-11-13(24)8-16-19(20(11)26)21(27)18-12-7-17(23(3,4)28)30-22(12)14(25)9-15(18)29-16/h5,8-9,17,24-26,28H,6-7H2,1-4H3. The van der Waals surface area contributed by atoms with Gasteiger partial charge in [0.2, 0.25) is 5.43 Å². The molecule has 1 aromatic heterocycles. The van der Waals surface area contributed by atoms with E-state index in [1.54, 1.807) is 13.8 Å². The van der Waals surface area contributed by atoms with E-state index in [0.717, 1.165) is 5.57 Å². The monoisotopic (exact) mass is 412 g/mol. The molecule has 0 spiro atoms. The summed E-state index contributed by atoms with van der Waals surface area (Å²) in [5, 5.41) is 42.0. The topological polar surface area (TPSA) is 120 Å². The number of aromatic hydroxyl groups is 3. The quantitative estimate of drug-likeness (QED) is 0.383. The maximum Gasteiger partial charge on any atom is 0.204 e. The van der Waals surface area contributed by atoms with Crippen molar-refractivity contribution in [1.82, 2.24) is 0 Å². The van der Waals surface area contributed by atoms with Crippen LogP contribution in [0.15, 0.2) is 33.0 Å². The maximum absolute atomic E-state index is 13.4. The molecule has 158 valence electrons. The lowest BCUT2D eigenvalue weighted by molar-refractivity contribution is -0.0235. The normalized spacial score (nSPS) is 16.0. The number of aliphatic hydroxyl groups is 1. The number of fused-ring (bicyclic) bond motifs is 4. The van der Waals surface area contributed by atoms with E-state index in [2.05, 4.69) is 0 Å². The summed E-state index contributed by atoms with van der Waals surface area (Å²) in [7, 11) is 0. The van der Waals surface area contributed by atoms with E-state index in [-0.39, 0.29) is 63.3 Å². The van der Waals surface area contributed by atoms with Gasteiger partial charge in [0.15, 0.2) is 11.5 Å². The van der Waals surface area contributed by atoms with Crippen molar-refractivity contribution in [2.45, 2.75) is 52.2 Å².